The second-order valence-corrected chi connectivity index (χ2v) is 6.86. The standard InChI is InChI=1S/C14H24N2/c15-11-4-1-8(5-11)7-16-14-12-9-2-3-10(6-9)13(12)14/h8-14,16H,1-7,15H2. The van der Waals surface area contributed by atoms with Crippen molar-refractivity contribution >= 4 is 0 Å². The van der Waals surface area contributed by atoms with Gasteiger partial charge in [-0.2, -0.15) is 0 Å². The van der Waals surface area contributed by atoms with Crippen molar-refractivity contribution in [2.75, 3.05) is 6.54 Å². The summed E-state index contributed by atoms with van der Waals surface area (Å²) in [7, 11) is 0. The van der Waals surface area contributed by atoms with Crippen molar-refractivity contribution in [3.05, 3.63) is 0 Å². The van der Waals surface area contributed by atoms with E-state index in [9.17, 15) is 0 Å². The normalized spacial score (nSPS) is 57.9. The maximum Gasteiger partial charge on any atom is 0.0136 e. The molecule has 0 spiro atoms. The van der Waals surface area contributed by atoms with E-state index in [1.54, 1.807) is 6.42 Å². The van der Waals surface area contributed by atoms with E-state index in [-0.39, 0.29) is 0 Å². The van der Waals surface area contributed by atoms with Gasteiger partial charge in [0.2, 0.25) is 0 Å². The molecule has 0 aromatic carbocycles. The molecule has 3 N–H and O–H groups in total. The number of hydrogen-bond donors (Lipinski definition) is 2. The molecule has 4 saturated carbocycles. The van der Waals surface area contributed by atoms with Gasteiger partial charge in [0, 0.05) is 12.1 Å². The highest BCUT2D eigenvalue weighted by Gasteiger charge is 2.64. The summed E-state index contributed by atoms with van der Waals surface area (Å²) < 4.78 is 0. The average molecular weight is 220 g/mol. The molecule has 4 fully saturated rings. The maximum atomic E-state index is 5.97. The second kappa shape index (κ2) is 3.46. The van der Waals surface area contributed by atoms with Gasteiger partial charge in [-0.15, -0.1) is 0 Å². The zero-order chi connectivity index (χ0) is 10.7. The topological polar surface area (TPSA) is 38.0 Å². The zero-order valence-corrected chi connectivity index (χ0v) is 10.1. The van der Waals surface area contributed by atoms with E-state index in [1.807, 2.05) is 0 Å². The van der Waals surface area contributed by atoms with Crippen LogP contribution in [0.3, 0.4) is 0 Å². The Morgan fingerprint density at radius 2 is 1.69 bits per heavy atom. The van der Waals surface area contributed by atoms with Crippen molar-refractivity contribution in [3.63, 3.8) is 0 Å². The lowest BCUT2D eigenvalue weighted by molar-refractivity contribution is 0.418. The van der Waals surface area contributed by atoms with Gasteiger partial charge in [0.05, 0.1) is 0 Å². The van der Waals surface area contributed by atoms with Crippen molar-refractivity contribution in [1.29, 1.82) is 0 Å². The third-order valence-electron chi connectivity index (χ3n) is 5.96. The van der Waals surface area contributed by atoms with Crippen LogP contribution in [0.25, 0.3) is 0 Å². The monoisotopic (exact) mass is 220 g/mol. The number of fused-ring (bicyclic) bond motifs is 5. The number of rotatable bonds is 3. The fourth-order valence-corrected chi connectivity index (χ4v) is 5.20. The lowest BCUT2D eigenvalue weighted by atomic mass is 10.0. The van der Waals surface area contributed by atoms with E-state index in [1.165, 1.54) is 38.6 Å². The van der Waals surface area contributed by atoms with Crippen LogP contribution in [0.5, 0.6) is 0 Å². The molecule has 6 atom stereocenters. The number of nitrogens with one attached hydrogen (secondary N) is 1. The first-order valence-corrected chi connectivity index (χ1v) is 7.32. The fourth-order valence-electron chi connectivity index (χ4n) is 5.20. The van der Waals surface area contributed by atoms with E-state index < -0.39 is 0 Å². The van der Waals surface area contributed by atoms with E-state index >= 15 is 0 Å². The SMILES string of the molecule is NC1CCC(CNC2C3C4CCC(C4)C23)C1. The summed E-state index contributed by atoms with van der Waals surface area (Å²) in [5, 5.41) is 3.87. The minimum absolute atomic E-state index is 0.502. The van der Waals surface area contributed by atoms with E-state index in [2.05, 4.69) is 5.32 Å². The largest absolute Gasteiger partial charge is 0.328 e. The molecule has 4 aliphatic rings. The van der Waals surface area contributed by atoms with Gasteiger partial charge in [0.25, 0.3) is 0 Å². The maximum absolute atomic E-state index is 5.97. The molecule has 4 aliphatic carbocycles. The van der Waals surface area contributed by atoms with Crippen molar-refractivity contribution in [2.24, 2.45) is 35.3 Å². The Hall–Kier alpha value is -0.0800. The van der Waals surface area contributed by atoms with Gasteiger partial charge in [0.15, 0.2) is 0 Å². The van der Waals surface area contributed by atoms with Crippen LogP contribution in [0.15, 0.2) is 0 Å². The van der Waals surface area contributed by atoms with Crippen molar-refractivity contribution in [3.8, 4) is 0 Å². The number of hydrogen-bond acceptors (Lipinski definition) is 2. The zero-order valence-electron chi connectivity index (χ0n) is 10.1. The summed E-state index contributed by atoms with van der Waals surface area (Å²) in [5.74, 6) is 5.29. The van der Waals surface area contributed by atoms with Crippen LogP contribution in [0.2, 0.25) is 0 Å². The molecular weight excluding hydrogens is 196 g/mol. The smallest absolute Gasteiger partial charge is 0.0136 e. The summed E-state index contributed by atoms with van der Waals surface area (Å²) in [6, 6.07) is 1.42. The minimum Gasteiger partial charge on any atom is -0.328 e. The Bertz CT molecular complexity index is 274. The fraction of sp³-hybridized carbons (Fsp3) is 1.00. The highest BCUT2D eigenvalue weighted by atomic mass is 15.0. The molecule has 0 radical (unpaired) electrons. The summed E-state index contributed by atoms with van der Waals surface area (Å²) >= 11 is 0. The van der Waals surface area contributed by atoms with Crippen molar-refractivity contribution < 1.29 is 0 Å². The lowest BCUT2D eigenvalue weighted by Crippen LogP contribution is -2.28. The molecule has 0 aromatic heterocycles. The third kappa shape index (κ3) is 1.39. The molecule has 2 nitrogen and oxygen atoms in total. The molecule has 0 amide bonds. The molecular formula is C14H24N2. The van der Waals surface area contributed by atoms with Gasteiger partial charge in [-0.3, -0.25) is 0 Å². The highest BCUT2D eigenvalue weighted by Crippen LogP contribution is 2.65. The van der Waals surface area contributed by atoms with E-state index in [4.69, 9.17) is 5.73 Å². The Labute approximate surface area is 98.3 Å². The van der Waals surface area contributed by atoms with Crippen LogP contribution in [-0.4, -0.2) is 18.6 Å². The van der Waals surface area contributed by atoms with Crippen LogP contribution in [-0.2, 0) is 0 Å². The van der Waals surface area contributed by atoms with Crippen molar-refractivity contribution in [2.45, 2.75) is 50.6 Å². The van der Waals surface area contributed by atoms with Crippen LogP contribution in [0, 0.1) is 29.6 Å². The highest BCUT2D eigenvalue weighted by molar-refractivity contribution is 5.16. The van der Waals surface area contributed by atoms with Crippen LogP contribution < -0.4 is 11.1 Å². The molecule has 0 aromatic rings. The second-order valence-electron chi connectivity index (χ2n) is 6.86. The van der Waals surface area contributed by atoms with Crippen LogP contribution >= 0.6 is 0 Å². The Morgan fingerprint density at radius 3 is 2.31 bits per heavy atom. The van der Waals surface area contributed by atoms with Crippen molar-refractivity contribution in [1.82, 2.24) is 5.32 Å². The molecule has 2 heteroatoms. The summed E-state index contributed by atoms with van der Waals surface area (Å²) in [5.41, 5.74) is 5.97. The van der Waals surface area contributed by atoms with Gasteiger partial charge in [-0.25, -0.2) is 0 Å². The minimum atomic E-state index is 0.502. The average Bonchev–Trinajstić information content (AvgIpc) is 2.70. The first-order chi connectivity index (χ1) is 7.83. The van der Waals surface area contributed by atoms with Gasteiger partial charge in [-0.1, -0.05) is 0 Å². The Balaban J connectivity index is 1.28. The molecule has 2 bridgehead atoms. The van der Waals surface area contributed by atoms with Gasteiger partial charge in [0.1, 0.15) is 0 Å². The summed E-state index contributed by atoms with van der Waals surface area (Å²) in [6.45, 7) is 1.25. The molecule has 90 valence electrons. The van der Waals surface area contributed by atoms with Crippen LogP contribution in [0.4, 0.5) is 0 Å². The van der Waals surface area contributed by atoms with E-state index in [0.717, 1.165) is 35.6 Å². The lowest BCUT2D eigenvalue weighted by Gasteiger charge is -2.14. The molecule has 0 aliphatic heterocycles. The Kier molecular flexibility index (Phi) is 2.14. The predicted octanol–water partition coefficient (Wildman–Crippen LogP) is 1.75. The molecule has 0 saturated heterocycles. The quantitative estimate of drug-likeness (QED) is 0.760. The summed E-state index contributed by atoms with van der Waals surface area (Å²) in [6.07, 6.45) is 8.54. The molecule has 16 heavy (non-hydrogen) atoms. The van der Waals surface area contributed by atoms with Gasteiger partial charge >= 0.3 is 0 Å². The molecule has 4 rings (SSSR count). The Morgan fingerprint density at radius 1 is 0.938 bits per heavy atom. The predicted molar refractivity (Wildman–Crippen MR) is 64.9 cm³/mol. The van der Waals surface area contributed by atoms with E-state index in [0.29, 0.717) is 6.04 Å². The molecule has 6 unspecified atom stereocenters. The third-order valence-corrected chi connectivity index (χ3v) is 5.96. The van der Waals surface area contributed by atoms with Gasteiger partial charge in [-0.05, 0) is 74.7 Å². The first kappa shape index (κ1) is 9.90. The number of nitrogens with two attached hydrogens (primary N) is 1. The first-order valence-electron chi connectivity index (χ1n) is 7.32. The van der Waals surface area contributed by atoms with Crippen LogP contribution in [0.1, 0.15) is 38.5 Å². The van der Waals surface area contributed by atoms with Gasteiger partial charge < -0.3 is 11.1 Å². The summed E-state index contributed by atoms with van der Waals surface area (Å²) in [4.78, 5) is 0. The molecule has 0 heterocycles.